The topological polar surface area (TPSA) is 63.1 Å². The van der Waals surface area contributed by atoms with Gasteiger partial charge in [0.25, 0.3) is 5.91 Å². The van der Waals surface area contributed by atoms with Gasteiger partial charge in [-0.15, -0.1) is 0 Å². The number of para-hydroxylation sites is 1. The molecule has 1 aliphatic rings. The van der Waals surface area contributed by atoms with E-state index in [1.54, 1.807) is 18.6 Å². The molecule has 25 heavy (non-hydrogen) atoms. The van der Waals surface area contributed by atoms with Crippen LogP contribution in [0.1, 0.15) is 23.2 Å². The van der Waals surface area contributed by atoms with Crippen LogP contribution in [0.25, 0.3) is 10.9 Å². The maximum atomic E-state index is 12.8. The van der Waals surface area contributed by atoms with Crippen molar-refractivity contribution in [2.75, 3.05) is 18.0 Å². The molecule has 1 amide bonds. The number of benzene rings is 1. The fraction of sp³-hybridized carbons (Fsp3) is 0.316. The first-order valence-electron chi connectivity index (χ1n) is 8.58. The van der Waals surface area contributed by atoms with E-state index >= 15 is 0 Å². The normalized spacial score (nSPS) is 17.6. The summed E-state index contributed by atoms with van der Waals surface area (Å²) in [7, 11) is 1.97. The molecule has 1 saturated heterocycles. The molecule has 1 aromatic carbocycles. The van der Waals surface area contributed by atoms with Crippen molar-refractivity contribution in [3.05, 3.63) is 54.6 Å². The van der Waals surface area contributed by atoms with Gasteiger partial charge in [-0.25, -0.2) is 4.98 Å². The van der Waals surface area contributed by atoms with Crippen molar-refractivity contribution in [1.29, 1.82) is 0 Å². The van der Waals surface area contributed by atoms with Crippen molar-refractivity contribution in [3.63, 3.8) is 0 Å². The van der Waals surface area contributed by atoms with Crippen LogP contribution in [0.15, 0.2) is 49.1 Å². The molecule has 4 rings (SSSR count). The second kappa shape index (κ2) is 6.55. The first-order chi connectivity index (χ1) is 12.2. The van der Waals surface area contributed by atoms with Crippen molar-refractivity contribution >= 4 is 22.6 Å². The van der Waals surface area contributed by atoms with Crippen molar-refractivity contribution in [2.45, 2.75) is 18.9 Å². The molecule has 6 heteroatoms. The maximum Gasteiger partial charge on any atom is 0.253 e. The summed E-state index contributed by atoms with van der Waals surface area (Å²) < 4.78 is 2.00. The van der Waals surface area contributed by atoms with E-state index in [2.05, 4.69) is 20.2 Å². The van der Waals surface area contributed by atoms with Crippen LogP contribution in [0.2, 0.25) is 0 Å². The van der Waals surface area contributed by atoms with Gasteiger partial charge in [-0.1, -0.05) is 18.2 Å². The molecule has 128 valence electrons. The van der Waals surface area contributed by atoms with Gasteiger partial charge in [-0.2, -0.15) is 0 Å². The number of hydrogen-bond donors (Lipinski definition) is 1. The maximum absolute atomic E-state index is 12.8. The molecular weight excluding hydrogens is 314 g/mol. The summed E-state index contributed by atoms with van der Waals surface area (Å²) >= 11 is 0. The Labute approximate surface area is 146 Å². The fourth-order valence-electron chi connectivity index (χ4n) is 3.54. The van der Waals surface area contributed by atoms with Crippen LogP contribution >= 0.6 is 0 Å². The highest BCUT2D eigenvalue weighted by molar-refractivity contribution is 6.07. The smallest absolute Gasteiger partial charge is 0.253 e. The third-order valence-electron chi connectivity index (χ3n) is 4.77. The van der Waals surface area contributed by atoms with Gasteiger partial charge in [-0.3, -0.25) is 9.78 Å². The highest BCUT2D eigenvalue weighted by atomic mass is 16.1. The van der Waals surface area contributed by atoms with Crippen LogP contribution in [0, 0.1) is 0 Å². The molecule has 2 aromatic heterocycles. The molecule has 1 aliphatic heterocycles. The average Bonchev–Trinajstić information content (AvgIpc) is 3.00. The Morgan fingerprint density at radius 3 is 3.00 bits per heavy atom. The van der Waals surface area contributed by atoms with Gasteiger partial charge in [-0.05, 0) is 18.9 Å². The first-order valence-corrected chi connectivity index (χ1v) is 8.58. The van der Waals surface area contributed by atoms with Gasteiger partial charge in [0.05, 0.1) is 11.8 Å². The van der Waals surface area contributed by atoms with E-state index in [1.807, 2.05) is 42.1 Å². The molecule has 0 aliphatic carbocycles. The first kappa shape index (κ1) is 15.6. The van der Waals surface area contributed by atoms with Crippen LogP contribution in [0.4, 0.5) is 5.82 Å². The van der Waals surface area contributed by atoms with Gasteiger partial charge < -0.3 is 14.8 Å². The predicted molar refractivity (Wildman–Crippen MR) is 97.7 cm³/mol. The lowest BCUT2D eigenvalue weighted by Crippen LogP contribution is -2.48. The minimum absolute atomic E-state index is 0.0113. The van der Waals surface area contributed by atoms with Crippen LogP contribution in [-0.2, 0) is 7.05 Å². The Morgan fingerprint density at radius 1 is 1.28 bits per heavy atom. The summed E-state index contributed by atoms with van der Waals surface area (Å²) in [5, 5.41) is 4.19. The van der Waals surface area contributed by atoms with Crippen LogP contribution in [-0.4, -0.2) is 39.6 Å². The van der Waals surface area contributed by atoms with Crippen LogP contribution in [0.3, 0.4) is 0 Å². The number of fused-ring (bicyclic) bond motifs is 1. The van der Waals surface area contributed by atoms with Crippen molar-refractivity contribution < 1.29 is 4.79 Å². The minimum Gasteiger partial charge on any atom is -0.353 e. The lowest BCUT2D eigenvalue weighted by Gasteiger charge is -2.33. The third-order valence-corrected chi connectivity index (χ3v) is 4.77. The van der Waals surface area contributed by atoms with Crippen molar-refractivity contribution in [2.24, 2.45) is 7.05 Å². The number of anilines is 1. The fourth-order valence-corrected chi connectivity index (χ4v) is 3.54. The third kappa shape index (κ3) is 3.07. The summed E-state index contributed by atoms with van der Waals surface area (Å²) in [5.41, 5.74) is 1.80. The molecule has 3 heterocycles. The van der Waals surface area contributed by atoms with Crippen molar-refractivity contribution in [1.82, 2.24) is 19.9 Å². The standard InChI is InChI=1S/C19H21N5O/c1-23-13-16(15-6-2-3-7-17(15)23)19(25)22-14-5-4-10-24(12-14)18-11-20-8-9-21-18/h2-3,6-9,11,13-14H,4-5,10,12H2,1H3,(H,22,25)/t14-/m1/s1. The van der Waals surface area contributed by atoms with E-state index in [-0.39, 0.29) is 11.9 Å². The lowest BCUT2D eigenvalue weighted by atomic mass is 10.0. The van der Waals surface area contributed by atoms with Gasteiger partial charge in [0, 0.05) is 55.7 Å². The molecule has 0 unspecified atom stereocenters. The number of aryl methyl sites for hydroxylation is 1. The Kier molecular flexibility index (Phi) is 4.09. The summed E-state index contributed by atoms with van der Waals surface area (Å²) in [6.07, 6.45) is 9.06. The average molecular weight is 335 g/mol. The second-order valence-electron chi connectivity index (χ2n) is 6.49. The lowest BCUT2D eigenvalue weighted by molar-refractivity contribution is 0.0934. The van der Waals surface area contributed by atoms with Crippen LogP contribution < -0.4 is 10.2 Å². The second-order valence-corrected chi connectivity index (χ2v) is 6.49. The monoisotopic (exact) mass is 335 g/mol. The SMILES string of the molecule is Cn1cc(C(=O)N[C@@H]2CCCN(c3cnccn3)C2)c2ccccc21. The molecule has 1 N–H and O–H groups in total. The molecule has 3 aromatic rings. The van der Waals surface area contributed by atoms with E-state index < -0.39 is 0 Å². The minimum atomic E-state index is -0.0113. The number of amides is 1. The number of aromatic nitrogens is 3. The summed E-state index contributed by atoms with van der Waals surface area (Å²) in [6, 6.07) is 8.10. The Balaban J connectivity index is 1.50. The van der Waals surface area contributed by atoms with Gasteiger partial charge >= 0.3 is 0 Å². The molecule has 6 nitrogen and oxygen atoms in total. The van der Waals surface area contributed by atoms with E-state index in [4.69, 9.17) is 0 Å². The Morgan fingerprint density at radius 2 is 2.16 bits per heavy atom. The number of hydrogen-bond acceptors (Lipinski definition) is 4. The molecular formula is C19H21N5O. The largest absolute Gasteiger partial charge is 0.353 e. The summed E-state index contributed by atoms with van der Waals surface area (Å²) in [5.74, 6) is 0.856. The van der Waals surface area contributed by atoms with Gasteiger partial charge in [0.2, 0.25) is 0 Å². The predicted octanol–water partition coefficient (Wildman–Crippen LogP) is 2.37. The molecule has 1 atom stereocenters. The number of piperidine rings is 1. The highest BCUT2D eigenvalue weighted by Gasteiger charge is 2.24. The molecule has 0 spiro atoms. The number of nitrogens with zero attached hydrogens (tertiary/aromatic N) is 4. The summed E-state index contributed by atoms with van der Waals surface area (Å²) in [4.78, 5) is 23.5. The van der Waals surface area contributed by atoms with E-state index in [0.717, 1.165) is 48.2 Å². The van der Waals surface area contributed by atoms with Crippen LogP contribution in [0.5, 0.6) is 0 Å². The molecule has 0 bridgehead atoms. The zero-order chi connectivity index (χ0) is 17.2. The van der Waals surface area contributed by atoms with E-state index in [9.17, 15) is 4.79 Å². The quantitative estimate of drug-likeness (QED) is 0.798. The molecule has 0 saturated carbocycles. The van der Waals surface area contributed by atoms with E-state index in [1.165, 1.54) is 0 Å². The number of nitrogens with one attached hydrogen (secondary N) is 1. The van der Waals surface area contributed by atoms with Gasteiger partial charge in [0.15, 0.2) is 0 Å². The summed E-state index contributed by atoms with van der Waals surface area (Å²) in [6.45, 7) is 1.70. The molecule has 0 radical (unpaired) electrons. The molecule has 1 fully saturated rings. The zero-order valence-corrected chi connectivity index (χ0v) is 14.2. The Bertz CT molecular complexity index is 889. The Hall–Kier alpha value is -2.89. The van der Waals surface area contributed by atoms with E-state index in [0.29, 0.717) is 0 Å². The number of carbonyl (C=O) groups excluding carboxylic acids is 1. The number of carbonyl (C=O) groups is 1. The van der Waals surface area contributed by atoms with Crippen molar-refractivity contribution in [3.8, 4) is 0 Å². The van der Waals surface area contributed by atoms with Gasteiger partial charge in [0.1, 0.15) is 5.82 Å². The highest BCUT2D eigenvalue weighted by Crippen LogP contribution is 2.21. The number of rotatable bonds is 3. The zero-order valence-electron chi connectivity index (χ0n) is 14.2.